The van der Waals surface area contributed by atoms with Crippen LogP contribution in [0.25, 0.3) is 0 Å². The van der Waals surface area contributed by atoms with E-state index < -0.39 is 24.3 Å². The third kappa shape index (κ3) is 2.94. The van der Waals surface area contributed by atoms with Gasteiger partial charge in [0.05, 0.1) is 25.6 Å². The van der Waals surface area contributed by atoms with Gasteiger partial charge in [-0.05, 0) is 11.6 Å². The number of hydrogen-bond acceptors (Lipinski definition) is 4. The average Bonchev–Trinajstić information content (AvgIpc) is 2.25. The summed E-state index contributed by atoms with van der Waals surface area (Å²) in [5, 5.41) is 17.5. The molecule has 1 rings (SSSR count). The van der Waals surface area contributed by atoms with Gasteiger partial charge in [0.25, 0.3) is 0 Å². The first-order valence-corrected chi connectivity index (χ1v) is 4.48. The summed E-state index contributed by atoms with van der Waals surface area (Å²) in [5.74, 6) is -3.08. The van der Waals surface area contributed by atoms with Gasteiger partial charge >= 0.3 is 11.9 Å². The topological polar surface area (TPSA) is 96.7 Å². The van der Waals surface area contributed by atoms with Crippen LogP contribution in [0.5, 0.6) is 5.75 Å². The maximum atomic E-state index is 10.9. The highest BCUT2D eigenvalue weighted by molar-refractivity contribution is 5.82. The Morgan fingerprint density at radius 1 is 1.44 bits per heavy atom. The first kappa shape index (κ1) is 12.0. The number of hydrogen-bond donors (Lipinski definition) is 2. The molecule has 0 saturated heterocycles. The van der Waals surface area contributed by atoms with Crippen LogP contribution in [0.3, 0.4) is 0 Å². The van der Waals surface area contributed by atoms with Crippen LogP contribution in [-0.4, -0.2) is 34.2 Å². The molecule has 0 radical (unpaired) electrons. The van der Waals surface area contributed by atoms with Gasteiger partial charge in [-0.1, -0.05) is 0 Å². The van der Waals surface area contributed by atoms with Gasteiger partial charge in [-0.2, -0.15) is 0 Å². The normalized spacial score (nSPS) is 11.8. The molecule has 0 aliphatic carbocycles. The van der Waals surface area contributed by atoms with Gasteiger partial charge in [0.15, 0.2) is 0 Å². The van der Waals surface area contributed by atoms with E-state index >= 15 is 0 Å². The molecule has 2 N–H and O–H groups in total. The summed E-state index contributed by atoms with van der Waals surface area (Å²) in [7, 11) is 1.42. The first-order chi connectivity index (χ1) is 7.54. The third-order valence-corrected chi connectivity index (χ3v) is 2.05. The van der Waals surface area contributed by atoms with Crippen LogP contribution in [0.2, 0.25) is 0 Å². The van der Waals surface area contributed by atoms with Crippen LogP contribution in [-0.2, 0) is 9.59 Å². The van der Waals surface area contributed by atoms with Crippen molar-refractivity contribution in [2.24, 2.45) is 0 Å². The van der Waals surface area contributed by atoms with Gasteiger partial charge < -0.3 is 14.9 Å². The van der Waals surface area contributed by atoms with Gasteiger partial charge in [-0.15, -0.1) is 0 Å². The van der Waals surface area contributed by atoms with Crippen molar-refractivity contribution in [1.29, 1.82) is 0 Å². The molecule has 1 unspecified atom stereocenters. The molecule has 1 aromatic rings. The molecule has 86 valence electrons. The van der Waals surface area contributed by atoms with Crippen molar-refractivity contribution in [2.75, 3.05) is 7.11 Å². The lowest BCUT2D eigenvalue weighted by atomic mass is 9.97. The molecule has 0 bridgehead atoms. The second kappa shape index (κ2) is 5.11. The number of aromatic nitrogens is 1. The van der Waals surface area contributed by atoms with Crippen molar-refractivity contribution in [3.05, 3.63) is 24.0 Å². The predicted molar refractivity (Wildman–Crippen MR) is 53.4 cm³/mol. The Kier molecular flexibility index (Phi) is 3.82. The fraction of sp³-hybridized carbons (Fsp3) is 0.300. The molecule has 0 saturated carbocycles. The number of nitrogens with zero attached hydrogens (tertiary/aromatic N) is 1. The van der Waals surface area contributed by atoms with E-state index in [1.54, 1.807) is 0 Å². The third-order valence-electron chi connectivity index (χ3n) is 2.05. The summed E-state index contributed by atoms with van der Waals surface area (Å²) in [6, 6.07) is 1.47. The number of rotatable bonds is 5. The molecular weight excluding hydrogens is 214 g/mol. The van der Waals surface area contributed by atoms with Gasteiger partial charge in [-0.25, -0.2) is 0 Å². The SMILES string of the molecule is COc1cncc(C(CC(=O)O)C(=O)O)c1. The Morgan fingerprint density at radius 3 is 2.62 bits per heavy atom. The van der Waals surface area contributed by atoms with Crippen molar-refractivity contribution in [3.63, 3.8) is 0 Å². The Labute approximate surface area is 91.5 Å². The van der Waals surface area contributed by atoms with E-state index in [2.05, 4.69) is 4.98 Å². The smallest absolute Gasteiger partial charge is 0.311 e. The van der Waals surface area contributed by atoms with Crippen LogP contribution in [0.4, 0.5) is 0 Å². The van der Waals surface area contributed by atoms with Crippen LogP contribution in [0.1, 0.15) is 17.9 Å². The molecule has 0 aliphatic rings. The molecule has 0 aliphatic heterocycles. The average molecular weight is 225 g/mol. The lowest BCUT2D eigenvalue weighted by Crippen LogP contribution is -2.16. The molecule has 0 amide bonds. The number of carboxylic acid groups (broad SMARTS) is 2. The zero-order valence-corrected chi connectivity index (χ0v) is 8.58. The maximum absolute atomic E-state index is 10.9. The minimum Gasteiger partial charge on any atom is -0.495 e. The highest BCUT2D eigenvalue weighted by Crippen LogP contribution is 2.22. The Bertz CT molecular complexity index is 404. The van der Waals surface area contributed by atoms with Crippen LogP contribution < -0.4 is 4.74 Å². The molecule has 1 aromatic heterocycles. The largest absolute Gasteiger partial charge is 0.495 e. The molecule has 1 atom stereocenters. The van der Waals surface area contributed by atoms with Crippen molar-refractivity contribution in [1.82, 2.24) is 4.98 Å². The predicted octanol–water partition coefficient (Wildman–Crippen LogP) is 0.733. The van der Waals surface area contributed by atoms with Gasteiger partial charge in [0, 0.05) is 6.20 Å². The van der Waals surface area contributed by atoms with Crippen molar-refractivity contribution >= 4 is 11.9 Å². The molecule has 1 heterocycles. The quantitative estimate of drug-likeness (QED) is 0.766. The van der Waals surface area contributed by atoms with Crippen LogP contribution in [0, 0.1) is 0 Å². The van der Waals surface area contributed by atoms with E-state index in [-0.39, 0.29) is 0 Å². The van der Waals surface area contributed by atoms with Gasteiger partial charge in [0.2, 0.25) is 0 Å². The molecule has 0 fully saturated rings. The second-order valence-electron chi connectivity index (χ2n) is 3.15. The zero-order chi connectivity index (χ0) is 12.1. The summed E-state index contributed by atoms with van der Waals surface area (Å²) in [6.07, 6.45) is 2.26. The number of carboxylic acids is 2. The van der Waals surface area contributed by atoms with Crippen LogP contribution >= 0.6 is 0 Å². The summed E-state index contributed by atoms with van der Waals surface area (Å²) in [4.78, 5) is 25.2. The van der Waals surface area contributed by atoms with Crippen molar-refractivity contribution in [2.45, 2.75) is 12.3 Å². The molecule has 0 spiro atoms. The van der Waals surface area contributed by atoms with Crippen LogP contribution in [0.15, 0.2) is 18.5 Å². The molecule has 0 aromatic carbocycles. The van der Waals surface area contributed by atoms with E-state index in [0.29, 0.717) is 11.3 Å². The van der Waals surface area contributed by atoms with E-state index in [4.69, 9.17) is 14.9 Å². The lowest BCUT2D eigenvalue weighted by molar-refractivity contribution is -0.145. The molecule has 6 nitrogen and oxygen atoms in total. The van der Waals surface area contributed by atoms with E-state index in [1.165, 1.54) is 25.6 Å². The highest BCUT2D eigenvalue weighted by Gasteiger charge is 2.23. The minimum atomic E-state index is -1.20. The number of pyridine rings is 1. The lowest BCUT2D eigenvalue weighted by Gasteiger charge is -2.10. The van der Waals surface area contributed by atoms with Gasteiger partial charge in [0.1, 0.15) is 5.75 Å². The van der Waals surface area contributed by atoms with E-state index in [9.17, 15) is 9.59 Å². The van der Waals surface area contributed by atoms with Crippen molar-refractivity contribution in [3.8, 4) is 5.75 Å². The number of methoxy groups -OCH3 is 1. The monoisotopic (exact) mass is 225 g/mol. The number of aliphatic carboxylic acids is 2. The first-order valence-electron chi connectivity index (χ1n) is 4.48. The number of ether oxygens (including phenoxy) is 1. The Balaban J connectivity index is 3.00. The molecular formula is C10H11NO5. The van der Waals surface area contributed by atoms with Crippen molar-refractivity contribution < 1.29 is 24.5 Å². The minimum absolute atomic E-state index is 0.314. The summed E-state index contributed by atoms with van der Waals surface area (Å²) >= 11 is 0. The summed E-state index contributed by atoms with van der Waals surface area (Å²) < 4.78 is 4.89. The number of carbonyl (C=O) groups is 2. The highest BCUT2D eigenvalue weighted by atomic mass is 16.5. The Hall–Kier alpha value is -2.11. The summed E-state index contributed by atoms with van der Waals surface area (Å²) in [6.45, 7) is 0. The Morgan fingerprint density at radius 2 is 2.12 bits per heavy atom. The van der Waals surface area contributed by atoms with E-state index in [0.717, 1.165) is 0 Å². The zero-order valence-electron chi connectivity index (χ0n) is 8.58. The second-order valence-corrected chi connectivity index (χ2v) is 3.15. The standard InChI is InChI=1S/C10H11NO5/c1-16-7-2-6(4-11-5-7)8(10(14)15)3-9(12)13/h2,4-5,8H,3H2,1H3,(H,12,13)(H,14,15). The fourth-order valence-corrected chi connectivity index (χ4v) is 1.26. The van der Waals surface area contributed by atoms with Gasteiger partial charge in [-0.3, -0.25) is 14.6 Å². The van der Waals surface area contributed by atoms with E-state index in [1.807, 2.05) is 0 Å². The molecule has 6 heteroatoms. The maximum Gasteiger partial charge on any atom is 0.311 e. The molecule has 16 heavy (non-hydrogen) atoms. The fourth-order valence-electron chi connectivity index (χ4n) is 1.26. The summed E-state index contributed by atoms with van der Waals surface area (Å²) in [5.41, 5.74) is 0.314.